The third-order valence-corrected chi connectivity index (χ3v) is 7.12. The lowest BCUT2D eigenvalue weighted by atomic mass is 9.94. The van der Waals surface area contributed by atoms with Gasteiger partial charge < -0.3 is 24.4 Å². The molecule has 2 aliphatic rings. The molecule has 1 amide bonds. The van der Waals surface area contributed by atoms with Gasteiger partial charge in [0.25, 0.3) is 11.7 Å². The molecule has 2 aliphatic heterocycles. The summed E-state index contributed by atoms with van der Waals surface area (Å²) in [6.45, 7) is 9.08. The Kier molecular flexibility index (Phi) is 7.97. The number of benzene rings is 2. The van der Waals surface area contributed by atoms with Gasteiger partial charge in [-0.15, -0.1) is 0 Å². The smallest absolute Gasteiger partial charge is 0.337 e. The average molecular weight is 507 g/mol. The fourth-order valence-electron chi connectivity index (χ4n) is 5.11. The number of likely N-dealkylation sites (tertiary alicyclic amines) is 1. The van der Waals surface area contributed by atoms with Gasteiger partial charge in [0.1, 0.15) is 17.6 Å². The zero-order chi connectivity index (χ0) is 26.7. The molecule has 196 valence electrons. The predicted molar refractivity (Wildman–Crippen MR) is 139 cm³/mol. The fourth-order valence-corrected chi connectivity index (χ4v) is 5.11. The van der Waals surface area contributed by atoms with Gasteiger partial charge in [-0.05, 0) is 74.4 Å². The summed E-state index contributed by atoms with van der Waals surface area (Å²) in [4.78, 5) is 42.3. The molecular formula is C29H34N2O6. The molecule has 0 spiro atoms. The van der Waals surface area contributed by atoms with Gasteiger partial charge in [0.15, 0.2) is 0 Å². The minimum atomic E-state index is -0.771. The van der Waals surface area contributed by atoms with E-state index in [4.69, 9.17) is 9.47 Å². The van der Waals surface area contributed by atoms with Crippen LogP contribution < -0.4 is 4.74 Å². The molecule has 2 heterocycles. The molecule has 2 atom stereocenters. The van der Waals surface area contributed by atoms with Gasteiger partial charge in [-0.3, -0.25) is 9.59 Å². The Morgan fingerprint density at radius 3 is 2.43 bits per heavy atom. The summed E-state index contributed by atoms with van der Waals surface area (Å²) in [5.41, 5.74) is 2.45. The number of nitrogens with zero attached hydrogens (tertiary/aromatic N) is 2. The van der Waals surface area contributed by atoms with Crippen molar-refractivity contribution in [3.63, 3.8) is 0 Å². The van der Waals surface area contributed by atoms with E-state index in [2.05, 4.69) is 18.7 Å². The van der Waals surface area contributed by atoms with Crippen molar-refractivity contribution in [1.82, 2.24) is 9.80 Å². The minimum Gasteiger partial charge on any atom is -0.507 e. The number of ether oxygens (including phenoxy) is 2. The molecule has 0 unspecified atom stereocenters. The molecule has 1 fully saturated rings. The van der Waals surface area contributed by atoms with Crippen LogP contribution in [0.2, 0.25) is 0 Å². The maximum atomic E-state index is 13.3. The van der Waals surface area contributed by atoms with Crippen LogP contribution in [0, 0.1) is 0 Å². The summed E-state index contributed by atoms with van der Waals surface area (Å²) in [5.74, 6) is -1.28. The molecule has 8 nitrogen and oxygen atoms in total. The number of ketones is 1. The summed E-state index contributed by atoms with van der Waals surface area (Å²) >= 11 is 0. The Bertz CT molecular complexity index is 1220. The molecule has 0 aliphatic carbocycles. The van der Waals surface area contributed by atoms with Crippen LogP contribution in [-0.2, 0) is 20.7 Å². The van der Waals surface area contributed by atoms with Crippen molar-refractivity contribution in [2.45, 2.75) is 45.8 Å². The monoisotopic (exact) mass is 506 g/mol. The van der Waals surface area contributed by atoms with Crippen LogP contribution in [0.4, 0.5) is 0 Å². The highest BCUT2D eigenvalue weighted by Gasteiger charge is 2.46. The van der Waals surface area contributed by atoms with Gasteiger partial charge in [-0.2, -0.15) is 0 Å². The van der Waals surface area contributed by atoms with E-state index in [0.717, 1.165) is 30.9 Å². The van der Waals surface area contributed by atoms with Crippen molar-refractivity contribution < 1.29 is 29.0 Å². The third-order valence-electron chi connectivity index (χ3n) is 7.12. The van der Waals surface area contributed by atoms with E-state index >= 15 is 0 Å². The normalized spacial score (nSPS) is 20.3. The van der Waals surface area contributed by atoms with Gasteiger partial charge in [0.2, 0.25) is 0 Å². The summed E-state index contributed by atoms with van der Waals surface area (Å²) in [6.07, 6.45) is 1.42. The van der Waals surface area contributed by atoms with E-state index < -0.39 is 23.7 Å². The lowest BCUT2D eigenvalue weighted by molar-refractivity contribution is -0.140. The summed E-state index contributed by atoms with van der Waals surface area (Å²) in [7, 11) is 1.31. The quantitative estimate of drug-likeness (QED) is 0.238. The number of carbonyl (C=O) groups excluding carboxylic acids is 3. The number of aliphatic hydroxyl groups is 1. The van der Waals surface area contributed by atoms with Crippen LogP contribution in [-0.4, -0.2) is 72.0 Å². The SMILES string of the molecule is CCN(CC)CCCN1C(=O)C(=O)/C(=C(/O)c2ccc3c(c2)C[C@H](C)O3)[C@H]1c1ccc(C(=O)OC)cc1. The first-order valence-corrected chi connectivity index (χ1v) is 12.8. The molecule has 8 heteroatoms. The number of hydrogen-bond acceptors (Lipinski definition) is 7. The first-order valence-electron chi connectivity index (χ1n) is 12.8. The highest BCUT2D eigenvalue weighted by Crippen LogP contribution is 2.40. The molecule has 37 heavy (non-hydrogen) atoms. The highest BCUT2D eigenvalue weighted by atomic mass is 16.5. The van der Waals surface area contributed by atoms with E-state index in [1.807, 2.05) is 13.0 Å². The number of carbonyl (C=O) groups is 3. The Labute approximate surface area is 217 Å². The van der Waals surface area contributed by atoms with Crippen molar-refractivity contribution in [3.8, 4) is 5.75 Å². The summed E-state index contributed by atoms with van der Waals surface area (Å²) in [5, 5.41) is 11.4. The van der Waals surface area contributed by atoms with Crippen LogP contribution in [0.3, 0.4) is 0 Å². The average Bonchev–Trinajstić information content (AvgIpc) is 3.41. The molecule has 0 radical (unpaired) electrons. The van der Waals surface area contributed by atoms with Crippen LogP contribution in [0.25, 0.3) is 5.76 Å². The van der Waals surface area contributed by atoms with Gasteiger partial charge in [-0.1, -0.05) is 26.0 Å². The zero-order valence-electron chi connectivity index (χ0n) is 21.8. The van der Waals surface area contributed by atoms with E-state index in [1.165, 1.54) is 12.0 Å². The molecule has 1 saturated heterocycles. The first-order chi connectivity index (χ1) is 17.8. The number of rotatable bonds is 9. The van der Waals surface area contributed by atoms with Gasteiger partial charge >= 0.3 is 5.97 Å². The third kappa shape index (κ3) is 5.25. The van der Waals surface area contributed by atoms with E-state index in [-0.39, 0.29) is 17.4 Å². The Balaban J connectivity index is 1.74. The number of hydrogen-bond donors (Lipinski definition) is 1. The highest BCUT2D eigenvalue weighted by molar-refractivity contribution is 6.46. The van der Waals surface area contributed by atoms with Crippen molar-refractivity contribution in [3.05, 3.63) is 70.3 Å². The number of Topliss-reactive ketones (excluding diaryl/α,β-unsaturated/α-hetero) is 1. The topological polar surface area (TPSA) is 96.4 Å². The second kappa shape index (κ2) is 11.2. The molecule has 0 saturated carbocycles. The molecule has 2 aromatic rings. The van der Waals surface area contributed by atoms with Gasteiger partial charge in [-0.25, -0.2) is 4.79 Å². The maximum Gasteiger partial charge on any atom is 0.337 e. The number of esters is 1. The van der Waals surface area contributed by atoms with Crippen molar-refractivity contribution in [2.75, 3.05) is 33.3 Å². The molecule has 1 N–H and O–H groups in total. The van der Waals surface area contributed by atoms with Gasteiger partial charge in [0.05, 0.1) is 24.3 Å². The van der Waals surface area contributed by atoms with Crippen LogP contribution in [0.15, 0.2) is 48.0 Å². The Morgan fingerprint density at radius 1 is 1.11 bits per heavy atom. The minimum absolute atomic E-state index is 0.0390. The Hall–Kier alpha value is -3.65. The second-order valence-electron chi connectivity index (χ2n) is 9.44. The fraction of sp³-hybridized carbons (Fsp3) is 0.414. The van der Waals surface area contributed by atoms with Crippen LogP contribution >= 0.6 is 0 Å². The molecule has 0 aromatic heterocycles. The van der Waals surface area contributed by atoms with Gasteiger partial charge in [0, 0.05) is 18.5 Å². The first kappa shape index (κ1) is 26.4. The number of aliphatic hydroxyl groups excluding tert-OH is 1. The van der Waals surface area contributed by atoms with Crippen LogP contribution in [0.5, 0.6) is 5.75 Å². The van der Waals surface area contributed by atoms with E-state index in [0.29, 0.717) is 36.1 Å². The summed E-state index contributed by atoms with van der Waals surface area (Å²) < 4.78 is 10.6. The number of fused-ring (bicyclic) bond motifs is 1. The molecule has 0 bridgehead atoms. The van der Waals surface area contributed by atoms with Crippen LogP contribution in [0.1, 0.15) is 60.3 Å². The number of methoxy groups -OCH3 is 1. The molecule has 2 aromatic carbocycles. The predicted octanol–water partition coefficient (Wildman–Crippen LogP) is 3.95. The summed E-state index contributed by atoms with van der Waals surface area (Å²) in [6, 6.07) is 11.1. The largest absolute Gasteiger partial charge is 0.507 e. The second-order valence-corrected chi connectivity index (χ2v) is 9.44. The molecular weight excluding hydrogens is 472 g/mol. The lowest BCUT2D eigenvalue weighted by Crippen LogP contribution is -2.33. The van der Waals surface area contributed by atoms with E-state index in [9.17, 15) is 19.5 Å². The lowest BCUT2D eigenvalue weighted by Gasteiger charge is -2.27. The van der Waals surface area contributed by atoms with Crippen molar-refractivity contribution in [2.24, 2.45) is 0 Å². The molecule has 4 rings (SSSR count). The zero-order valence-corrected chi connectivity index (χ0v) is 21.8. The van der Waals surface area contributed by atoms with Crippen molar-refractivity contribution in [1.29, 1.82) is 0 Å². The standard InChI is InChI=1S/C29H34N2O6/c1-5-30(6-2)14-7-15-31-25(19-8-10-20(11-9-19)29(35)36-4)24(27(33)28(31)34)26(32)21-12-13-23-22(17-21)16-18(3)37-23/h8-13,17-18,25,32H,5-7,14-16H2,1-4H3/b26-24+/t18-,25+/m0/s1. The van der Waals surface area contributed by atoms with Crippen molar-refractivity contribution >= 4 is 23.4 Å². The van der Waals surface area contributed by atoms with E-state index in [1.54, 1.807) is 36.4 Å². The number of amides is 1. The maximum absolute atomic E-state index is 13.3. The Morgan fingerprint density at radius 2 is 1.78 bits per heavy atom.